The molecule has 0 spiro atoms. The fourth-order valence-electron chi connectivity index (χ4n) is 6.17. The predicted molar refractivity (Wildman–Crippen MR) is 153 cm³/mol. The first kappa shape index (κ1) is 31.7. The number of carbonyl (C=O) groups excluding carboxylic acids is 4. The summed E-state index contributed by atoms with van der Waals surface area (Å²) in [6.07, 6.45) is -0.764. The van der Waals surface area contributed by atoms with Gasteiger partial charge in [-0.25, -0.2) is 0 Å². The summed E-state index contributed by atoms with van der Waals surface area (Å²) in [4.78, 5) is 50.1. The minimum atomic E-state index is -2.60. The number of fused-ring (bicyclic) bond motifs is 2. The SMILES string of the molecule is CCOC(=O)CNCc1ccc(OC)c(-c2ccc(O)c3c2C[C@H]2C[C@@H](CCO)[C@@](O)(C(=O)CC(N)=O)C(O)=C2C3=O)c1. The van der Waals surface area contributed by atoms with Gasteiger partial charge in [-0.3, -0.25) is 19.2 Å². The Morgan fingerprint density at radius 2 is 1.88 bits per heavy atom. The summed E-state index contributed by atoms with van der Waals surface area (Å²) in [6.45, 7) is 1.93. The third kappa shape index (κ3) is 5.99. The number of aliphatic hydroxyl groups excluding tert-OH is 2. The lowest BCUT2D eigenvalue weighted by molar-refractivity contribution is -0.147. The highest BCUT2D eigenvalue weighted by molar-refractivity contribution is 6.15. The van der Waals surface area contributed by atoms with Crippen molar-refractivity contribution in [2.45, 2.75) is 44.8 Å². The molecule has 0 aliphatic heterocycles. The van der Waals surface area contributed by atoms with Gasteiger partial charge in [0, 0.05) is 30.2 Å². The van der Waals surface area contributed by atoms with Crippen LogP contribution in [0.25, 0.3) is 11.1 Å². The van der Waals surface area contributed by atoms with Crippen molar-refractivity contribution in [3.8, 4) is 22.6 Å². The molecule has 12 heteroatoms. The minimum Gasteiger partial charge on any atom is -0.508 e. The summed E-state index contributed by atoms with van der Waals surface area (Å²) in [7, 11) is 1.50. The number of amides is 1. The number of nitrogens with two attached hydrogens (primary N) is 1. The summed E-state index contributed by atoms with van der Waals surface area (Å²) in [5.74, 6) is -5.65. The number of ketones is 2. The number of aliphatic hydroxyl groups is 3. The van der Waals surface area contributed by atoms with Crippen LogP contribution in [-0.4, -0.2) is 76.3 Å². The number of primary amides is 1. The molecule has 0 saturated carbocycles. The maximum absolute atomic E-state index is 13.9. The molecule has 2 aliphatic rings. The molecule has 230 valence electrons. The first-order valence-electron chi connectivity index (χ1n) is 14.0. The van der Waals surface area contributed by atoms with Crippen LogP contribution in [0.4, 0.5) is 0 Å². The van der Waals surface area contributed by atoms with E-state index in [-0.39, 0.29) is 55.3 Å². The lowest BCUT2D eigenvalue weighted by Gasteiger charge is -2.43. The van der Waals surface area contributed by atoms with Gasteiger partial charge in [0.1, 0.15) is 17.3 Å². The maximum Gasteiger partial charge on any atom is 0.319 e. The summed E-state index contributed by atoms with van der Waals surface area (Å²) in [6, 6.07) is 8.41. The molecule has 2 aliphatic carbocycles. The zero-order chi connectivity index (χ0) is 31.5. The highest BCUT2D eigenvalue weighted by atomic mass is 16.5. The monoisotopic (exact) mass is 596 g/mol. The molecule has 0 aromatic heterocycles. The number of hydrogen-bond donors (Lipinski definition) is 6. The number of phenolic OH excluding ortho intramolecular Hbond substituents is 1. The maximum atomic E-state index is 13.9. The molecule has 2 aromatic rings. The summed E-state index contributed by atoms with van der Waals surface area (Å²) < 4.78 is 10.6. The van der Waals surface area contributed by atoms with Crippen molar-refractivity contribution in [1.29, 1.82) is 0 Å². The topological polar surface area (TPSA) is 206 Å². The van der Waals surface area contributed by atoms with Crippen molar-refractivity contribution in [1.82, 2.24) is 5.32 Å². The average Bonchev–Trinajstić information content (AvgIpc) is 2.95. The lowest BCUT2D eigenvalue weighted by atomic mass is 9.62. The number of esters is 1. The van der Waals surface area contributed by atoms with Gasteiger partial charge in [0.05, 0.1) is 32.2 Å². The second kappa shape index (κ2) is 12.9. The minimum absolute atomic E-state index is 0.0158. The summed E-state index contributed by atoms with van der Waals surface area (Å²) in [5.41, 5.74) is 4.76. The van der Waals surface area contributed by atoms with Crippen molar-refractivity contribution in [3.63, 3.8) is 0 Å². The van der Waals surface area contributed by atoms with Gasteiger partial charge in [-0.1, -0.05) is 12.1 Å². The number of Topliss-reactive ketones (excluding diaryl/α,β-unsaturated/α-hetero) is 2. The van der Waals surface area contributed by atoms with E-state index in [1.807, 2.05) is 12.1 Å². The molecule has 12 nitrogen and oxygen atoms in total. The third-order valence-electron chi connectivity index (χ3n) is 8.09. The Morgan fingerprint density at radius 1 is 1.14 bits per heavy atom. The van der Waals surface area contributed by atoms with Crippen LogP contribution in [0.2, 0.25) is 0 Å². The van der Waals surface area contributed by atoms with E-state index in [4.69, 9.17) is 15.2 Å². The standard InChI is InChI=1S/C31H36N2O10/c1-3-43-26(38)15-33-14-16-4-7-23(42-2)20(10-16)19-5-6-22(35)28-21(19)12-17-11-18(8-9-34)31(41,24(36)13-25(32)37)30(40)27(17)29(28)39/h4-7,10,17-18,33-35,40-41H,3,8-9,11-15H2,1-2H3,(H2,32,37)/t17-,18-,31-/m1/s1. The van der Waals surface area contributed by atoms with E-state index in [1.54, 1.807) is 19.1 Å². The van der Waals surface area contributed by atoms with Gasteiger partial charge in [0.25, 0.3) is 0 Å². The number of benzene rings is 2. The van der Waals surface area contributed by atoms with Gasteiger partial charge in [-0.05, 0) is 67.0 Å². The fraction of sp³-hybridized carbons (Fsp3) is 0.419. The normalized spacial score (nSPS) is 21.2. The van der Waals surface area contributed by atoms with Crippen molar-refractivity contribution in [2.75, 3.05) is 26.9 Å². The van der Waals surface area contributed by atoms with Gasteiger partial charge in [-0.15, -0.1) is 0 Å². The molecule has 0 fully saturated rings. The number of carbonyl (C=O) groups is 4. The van der Waals surface area contributed by atoms with Crippen molar-refractivity contribution in [2.24, 2.45) is 17.6 Å². The Bertz CT molecular complexity index is 1480. The Morgan fingerprint density at radius 3 is 2.53 bits per heavy atom. The second-order valence-corrected chi connectivity index (χ2v) is 10.7. The Balaban J connectivity index is 1.80. The fourth-order valence-corrected chi connectivity index (χ4v) is 6.17. The van der Waals surface area contributed by atoms with Gasteiger partial charge >= 0.3 is 5.97 Å². The van der Waals surface area contributed by atoms with E-state index in [1.165, 1.54) is 13.2 Å². The Hall–Kier alpha value is -4.26. The zero-order valence-electron chi connectivity index (χ0n) is 24.0. The van der Waals surface area contributed by atoms with Crippen molar-refractivity contribution < 1.29 is 49.1 Å². The molecular formula is C31H36N2O10. The molecule has 1 amide bonds. The highest BCUT2D eigenvalue weighted by Gasteiger charge is 2.55. The van der Waals surface area contributed by atoms with Crippen LogP contribution >= 0.6 is 0 Å². The third-order valence-corrected chi connectivity index (χ3v) is 8.09. The molecule has 0 saturated heterocycles. The lowest BCUT2D eigenvalue weighted by Crippen LogP contribution is -2.54. The van der Waals surface area contributed by atoms with Crippen LogP contribution in [0.5, 0.6) is 11.5 Å². The Kier molecular flexibility index (Phi) is 9.53. The number of methoxy groups -OCH3 is 1. The highest BCUT2D eigenvalue weighted by Crippen LogP contribution is 2.50. The number of phenols is 1. The molecule has 7 N–H and O–H groups in total. The van der Waals surface area contributed by atoms with Crippen molar-refractivity contribution in [3.05, 3.63) is 58.4 Å². The molecule has 0 radical (unpaired) electrons. The van der Waals surface area contributed by atoms with Crippen LogP contribution < -0.4 is 15.8 Å². The van der Waals surface area contributed by atoms with Crippen LogP contribution in [0.3, 0.4) is 0 Å². The van der Waals surface area contributed by atoms with E-state index >= 15 is 0 Å². The van der Waals surface area contributed by atoms with Gasteiger partial charge in [-0.2, -0.15) is 0 Å². The first-order valence-corrected chi connectivity index (χ1v) is 14.0. The molecular weight excluding hydrogens is 560 g/mol. The molecule has 0 bridgehead atoms. The predicted octanol–water partition coefficient (Wildman–Crippen LogP) is 1.47. The molecule has 3 atom stereocenters. The summed E-state index contributed by atoms with van der Waals surface area (Å²) >= 11 is 0. The van der Waals surface area contributed by atoms with Crippen LogP contribution in [-0.2, 0) is 32.1 Å². The van der Waals surface area contributed by atoms with E-state index in [9.17, 15) is 39.6 Å². The smallest absolute Gasteiger partial charge is 0.319 e. The van der Waals surface area contributed by atoms with Gasteiger partial charge in [0.2, 0.25) is 5.91 Å². The number of allylic oxidation sites excluding steroid dienone is 1. The largest absolute Gasteiger partial charge is 0.508 e. The number of nitrogens with one attached hydrogen (secondary N) is 1. The number of ether oxygens (including phenoxy) is 2. The average molecular weight is 597 g/mol. The summed E-state index contributed by atoms with van der Waals surface area (Å²) in [5, 5.41) is 46.2. The molecule has 2 aromatic carbocycles. The van der Waals surface area contributed by atoms with E-state index in [0.717, 1.165) is 5.56 Å². The number of aromatic hydroxyl groups is 1. The molecule has 4 rings (SSSR count). The van der Waals surface area contributed by atoms with E-state index in [0.29, 0.717) is 29.0 Å². The quantitative estimate of drug-likeness (QED) is 0.153. The first-order chi connectivity index (χ1) is 20.5. The van der Waals surface area contributed by atoms with Crippen LogP contribution in [0, 0.1) is 11.8 Å². The van der Waals surface area contributed by atoms with E-state index < -0.39 is 53.7 Å². The van der Waals surface area contributed by atoms with Crippen LogP contribution in [0.1, 0.15) is 47.7 Å². The number of hydrogen-bond acceptors (Lipinski definition) is 11. The molecule has 0 heterocycles. The van der Waals surface area contributed by atoms with Gasteiger partial charge < -0.3 is 41.0 Å². The second-order valence-electron chi connectivity index (χ2n) is 10.7. The molecule has 0 unspecified atom stereocenters. The van der Waals surface area contributed by atoms with Gasteiger partial charge in [0.15, 0.2) is 17.2 Å². The van der Waals surface area contributed by atoms with Crippen LogP contribution in [0.15, 0.2) is 41.7 Å². The van der Waals surface area contributed by atoms with Crippen molar-refractivity contribution >= 4 is 23.4 Å². The Labute approximate surface area is 248 Å². The van der Waals surface area contributed by atoms with E-state index in [2.05, 4.69) is 5.32 Å². The number of rotatable bonds is 12. The zero-order valence-corrected chi connectivity index (χ0v) is 24.0. The molecule has 43 heavy (non-hydrogen) atoms.